The molecule has 100 valence electrons. The second kappa shape index (κ2) is 5.93. The molecule has 0 amide bonds. The van der Waals surface area contributed by atoms with Gasteiger partial charge in [-0.2, -0.15) is 0 Å². The Labute approximate surface area is 117 Å². The van der Waals surface area contributed by atoms with Gasteiger partial charge in [0.05, 0.1) is 18.9 Å². The fourth-order valence-corrected chi connectivity index (χ4v) is 2.21. The zero-order valence-electron chi connectivity index (χ0n) is 10.9. The van der Waals surface area contributed by atoms with Gasteiger partial charge in [0.2, 0.25) is 0 Å². The van der Waals surface area contributed by atoms with Gasteiger partial charge in [-0.1, -0.05) is 18.5 Å². The standard InChI is InChI=1S/C15H15ClO3/c1-3-14-12(6-7-19-14)13(17)9-10-8-11(16)4-5-15(10)18-2/h4-8H,3,9H2,1-2H3. The van der Waals surface area contributed by atoms with Crippen LogP contribution in [-0.4, -0.2) is 12.9 Å². The molecule has 0 saturated carbocycles. The van der Waals surface area contributed by atoms with E-state index in [4.69, 9.17) is 20.8 Å². The molecular formula is C15H15ClO3. The number of hydrogen-bond donors (Lipinski definition) is 0. The molecule has 0 aliphatic heterocycles. The number of ether oxygens (including phenoxy) is 1. The molecule has 0 spiro atoms. The lowest BCUT2D eigenvalue weighted by Crippen LogP contribution is -2.06. The third-order valence-corrected chi connectivity index (χ3v) is 3.20. The van der Waals surface area contributed by atoms with Gasteiger partial charge in [-0.25, -0.2) is 0 Å². The fraction of sp³-hybridized carbons (Fsp3) is 0.267. The molecule has 1 aromatic carbocycles. The Morgan fingerprint density at radius 3 is 2.84 bits per heavy atom. The minimum atomic E-state index is 0.00571. The average molecular weight is 279 g/mol. The van der Waals surface area contributed by atoms with Gasteiger partial charge in [0, 0.05) is 23.4 Å². The van der Waals surface area contributed by atoms with Crippen molar-refractivity contribution in [1.82, 2.24) is 0 Å². The summed E-state index contributed by atoms with van der Waals surface area (Å²) in [5.74, 6) is 1.39. The summed E-state index contributed by atoms with van der Waals surface area (Å²) in [6.45, 7) is 1.95. The molecule has 0 atom stereocenters. The van der Waals surface area contributed by atoms with E-state index in [1.165, 1.54) is 0 Å². The van der Waals surface area contributed by atoms with Crippen molar-refractivity contribution in [1.29, 1.82) is 0 Å². The van der Waals surface area contributed by atoms with Crippen LogP contribution in [0, 0.1) is 0 Å². The van der Waals surface area contributed by atoms with E-state index in [1.807, 2.05) is 6.92 Å². The molecule has 19 heavy (non-hydrogen) atoms. The summed E-state index contributed by atoms with van der Waals surface area (Å²) < 4.78 is 10.5. The quantitative estimate of drug-likeness (QED) is 0.778. The first kappa shape index (κ1) is 13.7. The van der Waals surface area contributed by atoms with Gasteiger partial charge in [-0.05, 0) is 24.3 Å². The predicted molar refractivity (Wildman–Crippen MR) is 74.1 cm³/mol. The largest absolute Gasteiger partial charge is 0.496 e. The molecule has 0 fully saturated rings. The molecule has 0 N–H and O–H groups in total. The number of halogens is 1. The van der Waals surface area contributed by atoms with Gasteiger partial charge in [-0.3, -0.25) is 4.79 Å². The van der Waals surface area contributed by atoms with E-state index in [0.717, 1.165) is 5.56 Å². The first-order valence-corrected chi connectivity index (χ1v) is 6.45. The first-order chi connectivity index (χ1) is 9.15. The van der Waals surface area contributed by atoms with Crippen LogP contribution < -0.4 is 4.74 Å². The summed E-state index contributed by atoms with van der Waals surface area (Å²) >= 11 is 5.96. The van der Waals surface area contributed by atoms with E-state index in [-0.39, 0.29) is 12.2 Å². The van der Waals surface area contributed by atoms with Crippen molar-refractivity contribution in [3.8, 4) is 5.75 Å². The Hall–Kier alpha value is -1.74. The highest BCUT2D eigenvalue weighted by Gasteiger charge is 2.16. The molecule has 0 aliphatic rings. The maximum Gasteiger partial charge on any atom is 0.170 e. The smallest absolute Gasteiger partial charge is 0.170 e. The molecule has 0 radical (unpaired) electrons. The van der Waals surface area contributed by atoms with Gasteiger partial charge in [0.25, 0.3) is 0 Å². The molecule has 2 aromatic rings. The second-order valence-corrected chi connectivity index (χ2v) is 4.60. The SMILES string of the molecule is CCc1occc1C(=O)Cc1cc(Cl)ccc1OC. The number of methoxy groups -OCH3 is 1. The lowest BCUT2D eigenvalue weighted by atomic mass is 10.0. The van der Waals surface area contributed by atoms with Gasteiger partial charge < -0.3 is 9.15 Å². The van der Waals surface area contributed by atoms with E-state index in [1.54, 1.807) is 37.6 Å². The maximum atomic E-state index is 12.3. The minimum absolute atomic E-state index is 0.00571. The summed E-state index contributed by atoms with van der Waals surface area (Å²) in [5.41, 5.74) is 1.41. The van der Waals surface area contributed by atoms with Crippen molar-refractivity contribution in [3.63, 3.8) is 0 Å². The minimum Gasteiger partial charge on any atom is -0.496 e. The van der Waals surface area contributed by atoms with Gasteiger partial charge in [-0.15, -0.1) is 0 Å². The Balaban J connectivity index is 2.26. The van der Waals surface area contributed by atoms with Crippen LogP contribution in [0.15, 0.2) is 34.9 Å². The Kier molecular flexibility index (Phi) is 4.27. The van der Waals surface area contributed by atoms with Crippen LogP contribution in [0.3, 0.4) is 0 Å². The lowest BCUT2D eigenvalue weighted by Gasteiger charge is -2.08. The number of hydrogen-bond acceptors (Lipinski definition) is 3. The van der Waals surface area contributed by atoms with Crippen LogP contribution in [0.4, 0.5) is 0 Å². The number of carbonyl (C=O) groups excluding carboxylic acids is 1. The van der Waals surface area contributed by atoms with Crippen molar-refractivity contribution in [2.45, 2.75) is 19.8 Å². The van der Waals surface area contributed by atoms with Gasteiger partial charge >= 0.3 is 0 Å². The summed E-state index contributed by atoms with van der Waals surface area (Å²) in [5, 5.41) is 0.589. The third-order valence-electron chi connectivity index (χ3n) is 2.96. The molecule has 1 heterocycles. The van der Waals surface area contributed by atoms with Crippen LogP contribution in [-0.2, 0) is 12.8 Å². The molecule has 0 aliphatic carbocycles. The van der Waals surface area contributed by atoms with Crippen molar-refractivity contribution >= 4 is 17.4 Å². The molecule has 4 heteroatoms. The van der Waals surface area contributed by atoms with E-state index in [0.29, 0.717) is 28.5 Å². The van der Waals surface area contributed by atoms with E-state index in [2.05, 4.69) is 0 Å². The van der Waals surface area contributed by atoms with Gasteiger partial charge in [0.1, 0.15) is 11.5 Å². The number of furan rings is 1. The average Bonchev–Trinajstić information content (AvgIpc) is 2.87. The highest BCUT2D eigenvalue weighted by atomic mass is 35.5. The second-order valence-electron chi connectivity index (χ2n) is 4.17. The number of carbonyl (C=O) groups is 1. The van der Waals surface area contributed by atoms with Crippen molar-refractivity contribution in [2.24, 2.45) is 0 Å². The van der Waals surface area contributed by atoms with Gasteiger partial charge in [0.15, 0.2) is 5.78 Å². The summed E-state index contributed by atoms with van der Waals surface area (Å²) in [7, 11) is 1.58. The highest BCUT2D eigenvalue weighted by molar-refractivity contribution is 6.30. The number of Topliss-reactive ketones (excluding diaryl/α,β-unsaturated/α-hetero) is 1. The molecular weight excluding hydrogens is 264 g/mol. The van der Waals surface area contributed by atoms with Crippen molar-refractivity contribution in [2.75, 3.05) is 7.11 Å². The zero-order chi connectivity index (χ0) is 13.8. The monoisotopic (exact) mass is 278 g/mol. The maximum absolute atomic E-state index is 12.3. The van der Waals surface area contributed by atoms with Crippen LogP contribution in [0.1, 0.15) is 28.6 Å². The lowest BCUT2D eigenvalue weighted by molar-refractivity contribution is 0.0990. The number of ketones is 1. The number of aryl methyl sites for hydroxylation is 1. The van der Waals surface area contributed by atoms with E-state index in [9.17, 15) is 4.79 Å². The number of benzene rings is 1. The summed E-state index contributed by atoms with van der Waals surface area (Å²) in [4.78, 5) is 12.3. The van der Waals surface area contributed by atoms with Crippen molar-refractivity contribution in [3.05, 3.63) is 52.4 Å². The Morgan fingerprint density at radius 2 is 2.16 bits per heavy atom. The molecule has 3 nitrogen and oxygen atoms in total. The Bertz CT molecular complexity index is 587. The van der Waals surface area contributed by atoms with Crippen molar-refractivity contribution < 1.29 is 13.9 Å². The van der Waals surface area contributed by atoms with Crippen LogP contribution in [0.2, 0.25) is 5.02 Å². The van der Waals surface area contributed by atoms with Crippen LogP contribution >= 0.6 is 11.6 Å². The Morgan fingerprint density at radius 1 is 1.37 bits per heavy atom. The summed E-state index contributed by atoms with van der Waals surface area (Å²) in [6, 6.07) is 6.97. The zero-order valence-corrected chi connectivity index (χ0v) is 11.7. The molecule has 0 unspecified atom stereocenters. The molecule has 0 saturated heterocycles. The number of rotatable bonds is 5. The molecule has 0 bridgehead atoms. The predicted octanol–water partition coefficient (Wildman–Crippen LogP) is 3.93. The molecule has 2 rings (SSSR count). The normalized spacial score (nSPS) is 10.5. The van der Waals surface area contributed by atoms with E-state index >= 15 is 0 Å². The first-order valence-electron chi connectivity index (χ1n) is 6.07. The highest BCUT2D eigenvalue weighted by Crippen LogP contribution is 2.25. The van der Waals surface area contributed by atoms with Crippen LogP contribution in [0.25, 0.3) is 0 Å². The topological polar surface area (TPSA) is 39.4 Å². The molecule has 1 aromatic heterocycles. The third kappa shape index (κ3) is 2.99. The summed E-state index contributed by atoms with van der Waals surface area (Å²) in [6.07, 6.45) is 2.48. The fourth-order valence-electron chi connectivity index (χ4n) is 2.02. The van der Waals surface area contributed by atoms with E-state index < -0.39 is 0 Å². The van der Waals surface area contributed by atoms with Crippen LogP contribution in [0.5, 0.6) is 5.75 Å².